The fraction of sp³-hybridized carbons (Fsp3) is 0. The number of rotatable bonds is 2. The fourth-order valence-corrected chi connectivity index (χ4v) is 2.32. The summed E-state index contributed by atoms with van der Waals surface area (Å²) in [6.07, 6.45) is 1.82. The largest absolute Gasteiger partial charge is 0.345 e. The normalized spacial score (nSPS) is 10.5. The zero-order valence-electron chi connectivity index (χ0n) is 8.55. The van der Waals surface area contributed by atoms with Crippen LogP contribution < -0.4 is 5.32 Å². The van der Waals surface area contributed by atoms with Crippen LogP contribution in [0.25, 0.3) is 10.9 Å². The fourth-order valence-electron chi connectivity index (χ4n) is 1.69. The lowest BCUT2D eigenvalue weighted by atomic mass is 10.2. The van der Waals surface area contributed by atoms with E-state index in [2.05, 4.69) is 39.9 Å². The molecule has 1 aromatic carbocycles. The Morgan fingerprint density at radius 1 is 1.00 bits per heavy atom. The van der Waals surface area contributed by atoms with Crippen LogP contribution in [0.15, 0.2) is 54.0 Å². The molecule has 0 unspecified atom stereocenters. The number of anilines is 2. The molecule has 0 fully saturated rings. The summed E-state index contributed by atoms with van der Waals surface area (Å²) in [5, 5.41) is 7.73. The smallest absolute Gasteiger partial charge is 0.0936 e. The van der Waals surface area contributed by atoms with Crippen LogP contribution in [0.5, 0.6) is 0 Å². The molecule has 0 bridgehead atoms. The van der Waals surface area contributed by atoms with E-state index in [-0.39, 0.29) is 0 Å². The van der Waals surface area contributed by atoms with E-state index < -0.39 is 0 Å². The molecule has 0 saturated carbocycles. The van der Waals surface area contributed by atoms with Gasteiger partial charge >= 0.3 is 0 Å². The minimum absolute atomic E-state index is 1.01. The molecule has 2 aromatic heterocycles. The second kappa shape index (κ2) is 3.94. The Kier molecular flexibility index (Phi) is 2.31. The van der Waals surface area contributed by atoms with Crippen molar-refractivity contribution < 1.29 is 0 Å². The van der Waals surface area contributed by atoms with E-state index in [1.807, 2.05) is 24.4 Å². The third-order valence-corrected chi connectivity index (χ3v) is 3.20. The van der Waals surface area contributed by atoms with Crippen molar-refractivity contribution in [2.75, 3.05) is 5.32 Å². The predicted molar refractivity (Wildman–Crippen MR) is 69.3 cm³/mol. The molecule has 3 rings (SSSR count). The highest BCUT2D eigenvalue weighted by atomic mass is 32.1. The zero-order valence-corrected chi connectivity index (χ0v) is 9.37. The van der Waals surface area contributed by atoms with Gasteiger partial charge in [0, 0.05) is 11.6 Å². The van der Waals surface area contributed by atoms with Gasteiger partial charge in [-0.3, -0.25) is 4.98 Å². The molecule has 0 aliphatic heterocycles. The van der Waals surface area contributed by atoms with Crippen LogP contribution in [0.2, 0.25) is 0 Å². The number of pyridine rings is 1. The second-order valence-electron chi connectivity index (χ2n) is 3.48. The van der Waals surface area contributed by atoms with Crippen molar-refractivity contribution in [1.29, 1.82) is 0 Å². The Bertz CT molecular complexity index is 597. The van der Waals surface area contributed by atoms with Gasteiger partial charge in [0.15, 0.2) is 0 Å². The highest BCUT2D eigenvalue weighted by Crippen LogP contribution is 2.26. The molecule has 0 spiro atoms. The van der Waals surface area contributed by atoms with Crippen molar-refractivity contribution in [3.63, 3.8) is 0 Å². The molecule has 2 heterocycles. The van der Waals surface area contributed by atoms with Gasteiger partial charge in [0.2, 0.25) is 0 Å². The molecule has 0 aliphatic carbocycles. The molecule has 3 aromatic rings. The number of fused-ring (bicyclic) bond motifs is 1. The van der Waals surface area contributed by atoms with Gasteiger partial charge < -0.3 is 5.32 Å². The average molecular weight is 226 g/mol. The maximum atomic E-state index is 4.40. The Morgan fingerprint density at radius 3 is 2.81 bits per heavy atom. The minimum atomic E-state index is 1.01. The van der Waals surface area contributed by atoms with Gasteiger partial charge in [0.25, 0.3) is 0 Å². The summed E-state index contributed by atoms with van der Waals surface area (Å²) in [7, 11) is 0. The Balaban J connectivity index is 2.10. The first-order valence-corrected chi connectivity index (χ1v) is 5.96. The summed E-state index contributed by atoms with van der Waals surface area (Å²) < 4.78 is 0. The molecular formula is C13H10N2S. The number of benzene rings is 1. The Hall–Kier alpha value is -1.87. The SMILES string of the molecule is c1csc(Nc2cccc3cccnc23)c1. The third kappa shape index (κ3) is 1.66. The number of thiophene rings is 1. The lowest BCUT2D eigenvalue weighted by Gasteiger charge is -2.06. The van der Waals surface area contributed by atoms with Gasteiger partial charge in [-0.25, -0.2) is 0 Å². The van der Waals surface area contributed by atoms with E-state index >= 15 is 0 Å². The van der Waals surface area contributed by atoms with Crippen LogP contribution >= 0.6 is 11.3 Å². The number of nitrogens with zero attached hydrogens (tertiary/aromatic N) is 1. The van der Waals surface area contributed by atoms with Crippen molar-refractivity contribution in [2.45, 2.75) is 0 Å². The first-order chi connectivity index (χ1) is 7.93. The van der Waals surface area contributed by atoms with Gasteiger partial charge in [0.1, 0.15) is 0 Å². The third-order valence-electron chi connectivity index (χ3n) is 2.41. The molecular weight excluding hydrogens is 216 g/mol. The summed E-state index contributed by atoms with van der Waals surface area (Å²) in [6, 6.07) is 14.3. The van der Waals surface area contributed by atoms with Crippen molar-refractivity contribution >= 4 is 32.9 Å². The van der Waals surface area contributed by atoms with Crippen LogP contribution in [0.3, 0.4) is 0 Å². The van der Waals surface area contributed by atoms with E-state index in [0.29, 0.717) is 0 Å². The van der Waals surface area contributed by atoms with Crippen LogP contribution in [0, 0.1) is 0 Å². The lowest BCUT2D eigenvalue weighted by molar-refractivity contribution is 1.41. The molecule has 3 heteroatoms. The maximum absolute atomic E-state index is 4.40. The first-order valence-electron chi connectivity index (χ1n) is 5.08. The average Bonchev–Trinajstić information content (AvgIpc) is 2.82. The molecule has 2 nitrogen and oxygen atoms in total. The second-order valence-corrected chi connectivity index (χ2v) is 4.43. The monoisotopic (exact) mass is 226 g/mol. The summed E-state index contributed by atoms with van der Waals surface area (Å²) >= 11 is 1.69. The molecule has 16 heavy (non-hydrogen) atoms. The highest BCUT2D eigenvalue weighted by Gasteiger charge is 2.01. The number of hydrogen-bond donors (Lipinski definition) is 1. The zero-order chi connectivity index (χ0) is 10.8. The molecule has 78 valence electrons. The molecule has 0 atom stereocenters. The molecule has 0 amide bonds. The topological polar surface area (TPSA) is 24.9 Å². The number of para-hydroxylation sites is 1. The van der Waals surface area contributed by atoms with Crippen molar-refractivity contribution in [3.8, 4) is 0 Å². The minimum Gasteiger partial charge on any atom is -0.345 e. The molecule has 1 N–H and O–H groups in total. The lowest BCUT2D eigenvalue weighted by Crippen LogP contribution is -1.90. The van der Waals surface area contributed by atoms with Crippen LogP contribution in [0.4, 0.5) is 10.7 Å². The summed E-state index contributed by atoms with van der Waals surface area (Å²) in [5.41, 5.74) is 2.07. The van der Waals surface area contributed by atoms with E-state index in [9.17, 15) is 0 Å². The number of nitrogens with one attached hydrogen (secondary N) is 1. The highest BCUT2D eigenvalue weighted by molar-refractivity contribution is 7.14. The quantitative estimate of drug-likeness (QED) is 0.713. The molecule has 0 aliphatic rings. The van der Waals surface area contributed by atoms with Crippen molar-refractivity contribution in [2.24, 2.45) is 0 Å². The first kappa shape index (κ1) is 9.36. The predicted octanol–water partition coefficient (Wildman–Crippen LogP) is 4.04. The van der Waals surface area contributed by atoms with Gasteiger partial charge in [-0.2, -0.15) is 0 Å². The Morgan fingerprint density at radius 2 is 1.94 bits per heavy atom. The summed E-state index contributed by atoms with van der Waals surface area (Å²) in [6.45, 7) is 0. The van der Waals surface area contributed by atoms with E-state index in [0.717, 1.165) is 21.6 Å². The Labute approximate surface area is 97.6 Å². The van der Waals surface area contributed by atoms with Gasteiger partial charge in [0.05, 0.1) is 16.2 Å². The van der Waals surface area contributed by atoms with Crippen LogP contribution in [-0.2, 0) is 0 Å². The molecule has 0 saturated heterocycles. The standard InChI is InChI=1S/C13H10N2S/c1-4-10-5-2-8-14-13(10)11(6-1)15-12-7-3-9-16-12/h1-9,15H. The van der Waals surface area contributed by atoms with Gasteiger partial charge in [-0.05, 0) is 29.6 Å². The maximum Gasteiger partial charge on any atom is 0.0936 e. The van der Waals surface area contributed by atoms with Gasteiger partial charge in [-0.1, -0.05) is 18.2 Å². The van der Waals surface area contributed by atoms with Crippen molar-refractivity contribution in [1.82, 2.24) is 4.98 Å². The van der Waals surface area contributed by atoms with E-state index in [4.69, 9.17) is 0 Å². The number of aromatic nitrogens is 1. The molecule has 0 radical (unpaired) electrons. The van der Waals surface area contributed by atoms with Gasteiger partial charge in [-0.15, -0.1) is 11.3 Å². The van der Waals surface area contributed by atoms with Crippen LogP contribution in [0.1, 0.15) is 0 Å². The van der Waals surface area contributed by atoms with E-state index in [1.54, 1.807) is 11.3 Å². The summed E-state index contributed by atoms with van der Waals surface area (Å²) in [5.74, 6) is 0. The van der Waals surface area contributed by atoms with Crippen molar-refractivity contribution in [3.05, 3.63) is 54.0 Å². The summed E-state index contributed by atoms with van der Waals surface area (Å²) in [4.78, 5) is 4.40. The van der Waals surface area contributed by atoms with E-state index in [1.165, 1.54) is 0 Å². The van der Waals surface area contributed by atoms with Crippen LogP contribution in [-0.4, -0.2) is 4.98 Å². The number of hydrogen-bond acceptors (Lipinski definition) is 3.